The first-order valence-corrected chi connectivity index (χ1v) is 7.54. The van der Waals surface area contributed by atoms with Gasteiger partial charge in [0.2, 0.25) is 0 Å². The van der Waals surface area contributed by atoms with E-state index in [0.29, 0.717) is 17.9 Å². The number of nitrogens with one attached hydrogen (secondary N) is 1. The van der Waals surface area contributed by atoms with Gasteiger partial charge in [0.1, 0.15) is 0 Å². The Morgan fingerprint density at radius 3 is 2.50 bits per heavy atom. The van der Waals surface area contributed by atoms with Crippen molar-refractivity contribution in [3.05, 3.63) is 66.0 Å². The third-order valence-electron chi connectivity index (χ3n) is 4.52. The lowest BCUT2D eigenvalue weighted by atomic mass is 9.82. The van der Waals surface area contributed by atoms with E-state index in [2.05, 4.69) is 59.7 Å². The summed E-state index contributed by atoms with van der Waals surface area (Å²) in [7, 11) is 0. The highest BCUT2D eigenvalue weighted by atomic mass is 14.9. The van der Waals surface area contributed by atoms with Gasteiger partial charge in [0.15, 0.2) is 0 Å². The molecular weight excluding hydrogens is 244 g/mol. The maximum Gasteiger partial charge on any atom is 0.0434 e. The van der Waals surface area contributed by atoms with E-state index < -0.39 is 0 Å². The normalized spacial score (nSPS) is 24.2. The molecule has 2 heteroatoms. The zero-order valence-corrected chi connectivity index (χ0v) is 12.0. The van der Waals surface area contributed by atoms with Crippen LogP contribution in [0.2, 0.25) is 0 Å². The van der Waals surface area contributed by atoms with Gasteiger partial charge in [-0.3, -0.25) is 4.98 Å². The van der Waals surface area contributed by atoms with Crippen LogP contribution < -0.4 is 5.32 Å². The molecule has 3 atom stereocenters. The second-order valence-electron chi connectivity index (χ2n) is 5.75. The van der Waals surface area contributed by atoms with Gasteiger partial charge in [-0.15, -0.1) is 0 Å². The van der Waals surface area contributed by atoms with Gasteiger partial charge in [-0.2, -0.15) is 0 Å². The standard InChI is InChI=1S/C18H22N2/c1-14(17-9-5-6-12-19-17)16-10-11-18(20-13-16)15-7-3-2-4-8-15/h2-9,12,14,16,18,20H,10-11,13H2,1H3. The smallest absolute Gasteiger partial charge is 0.0434 e. The molecule has 2 aromatic rings. The number of hydrogen-bond donors (Lipinski definition) is 1. The Labute approximate surface area is 121 Å². The van der Waals surface area contributed by atoms with E-state index >= 15 is 0 Å². The molecule has 2 nitrogen and oxygen atoms in total. The summed E-state index contributed by atoms with van der Waals surface area (Å²) >= 11 is 0. The molecule has 0 radical (unpaired) electrons. The first-order valence-electron chi connectivity index (χ1n) is 7.54. The fourth-order valence-corrected chi connectivity index (χ4v) is 3.16. The third-order valence-corrected chi connectivity index (χ3v) is 4.52. The van der Waals surface area contributed by atoms with Crippen LogP contribution in [0.1, 0.15) is 43.0 Å². The van der Waals surface area contributed by atoms with Gasteiger partial charge in [0.05, 0.1) is 0 Å². The topological polar surface area (TPSA) is 24.9 Å². The van der Waals surface area contributed by atoms with Gasteiger partial charge < -0.3 is 5.32 Å². The molecular formula is C18H22N2. The third kappa shape index (κ3) is 2.91. The average Bonchev–Trinajstić information content (AvgIpc) is 2.56. The molecule has 1 aromatic heterocycles. The van der Waals surface area contributed by atoms with Gasteiger partial charge in [0, 0.05) is 23.9 Å². The molecule has 104 valence electrons. The highest BCUT2D eigenvalue weighted by Gasteiger charge is 2.26. The molecule has 3 unspecified atom stereocenters. The van der Waals surface area contributed by atoms with E-state index in [0.717, 1.165) is 6.54 Å². The monoisotopic (exact) mass is 266 g/mol. The van der Waals surface area contributed by atoms with Crippen LogP contribution in [-0.4, -0.2) is 11.5 Å². The number of benzene rings is 1. The predicted molar refractivity (Wildman–Crippen MR) is 82.6 cm³/mol. The summed E-state index contributed by atoms with van der Waals surface area (Å²) < 4.78 is 0. The minimum Gasteiger partial charge on any atom is -0.310 e. The number of aromatic nitrogens is 1. The molecule has 0 amide bonds. The molecule has 0 bridgehead atoms. The summed E-state index contributed by atoms with van der Waals surface area (Å²) in [5.41, 5.74) is 2.63. The Morgan fingerprint density at radius 1 is 1.05 bits per heavy atom. The van der Waals surface area contributed by atoms with Crippen molar-refractivity contribution in [3.63, 3.8) is 0 Å². The first-order chi connectivity index (χ1) is 9.84. The minimum absolute atomic E-state index is 0.517. The SMILES string of the molecule is CC(c1ccccn1)C1CCC(c2ccccc2)NC1. The van der Waals surface area contributed by atoms with Crippen LogP contribution in [-0.2, 0) is 0 Å². The summed E-state index contributed by atoms with van der Waals surface area (Å²) in [5.74, 6) is 1.21. The second-order valence-corrected chi connectivity index (χ2v) is 5.75. The summed E-state index contributed by atoms with van der Waals surface area (Å²) in [6.45, 7) is 3.38. The van der Waals surface area contributed by atoms with Crippen molar-refractivity contribution < 1.29 is 0 Å². The lowest BCUT2D eigenvalue weighted by Crippen LogP contribution is -2.35. The van der Waals surface area contributed by atoms with E-state index in [1.54, 1.807) is 0 Å². The van der Waals surface area contributed by atoms with Crippen molar-refractivity contribution in [2.45, 2.75) is 31.7 Å². The van der Waals surface area contributed by atoms with Crippen molar-refractivity contribution in [2.24, 2.45) is 5.92 Å². The number of pyridine rings is 1. The highest BCUT2D eigenvalue weighted by Crippen LogP contribution is 2.33. The van der Waals surface area contributed by atoms with Crippen molar-refractivity contribution in [1.29, 1.82) is 0 Å². The van der Waals surface area contributed by atoms with E-state index in [-0.39, 0.29) is 0 Å². The molecule has 0 spiro atoms. The molecule has 1 aliphatic rings. The van der Waals surface area contributed by atoms with Crippen LogP contribution in [0.25, 0.3) is 0 Å². The van der Waals surface area contributed by atoms with E-state index in [1.165, 1.54) is 24.1 Å². The zero-order valence-electron chi connectivity index (χ0n) is 12.0. The van der Waals surface area contributed by atoms with Crippen LogP contribution in [0.4, 0.5) is 0 Å². The van der Waals surface area contributed by atoms with Crippen LogP contribution >= 0.6 is 0 Å². The molecule has 3 rings (SSSR count). The van der Waals surface area contributed by atoms with E-state index in [4.69, 9.17) is 0 Å². The average molecular weight is 266 g/mol. The summed E-state index contributed by atoms with van der Waals surface area (Å²) in [5, 5.41) is 3.71. The molecule has 0 saturated carbocycles. The van der Waals surface area contributed by atoms with E-state index in [9.17, 15) is 0 Å². The molecule has 0 aliphatic carbocycles. The second kappa shape index (κ2) is 6.19. The van der Waals surface area contributed by atoms with Crippen LogP contribution in [0.3, 0.4) is 0 Å². The Balaban J connectivity index is 1.61. The highest BCUT2D eigenvalue weighted by molar-refractivity contribution is 5.20. The summed E-state index contributed by atoms with van der Waals surface area (Å²) in [4.78, 5) is 4.50. The molecule has 2 heterocycles. The Bertz CT molecular complexity index is 516. The molecule has 1 N–H and O–H groups in total. The van der Waals surface area contributed by atoms with Crippen molar-refractivity contribution >= 4 is 0 Å². The van der Waals surface area contributed by atoms with E-state index in [1.807, 2.05) is 12.3 Å². The quantitative estimate of drug-likeness (QED) is 0.910. The molecule has 1 fully saturated rings. The molecule has 1 aromatic carbocycles. The summed E-state index contributed by atoms with van der Waals surface area (Å²) in [6, 6.07) is 17.5. The number of hydrogen-bond acceptors (Lipinski definition) is 2. The first kappa shape index (κ1) is 13.3. The lowest BCUT2D eigenvalue weighted by molar-refractivity contribution is 0.281. The number of nitrogens with zero attached hydrogens (tertiary/aromatic N) is 1. The predicted octanol–water partition coefficient (Wildman–Crippen LogP) is 3.93. The van der Waals surface area contributed by atoms with Gasteiger partial charge in [-0.25, -0.2) is 0 Å². The Morgan fingerprint density at radius 2 is 1.85 bits per heavy atom. The van der Waals surface area contributed by atoms with Gasteiger partial charge in [-0.05, 0) is 43.0 Å². The largest absolute Gasteiger partial charge is 0.310 e. The molecule has 20 heavy (non-hydrogen) atoms. The van der Waals surface area contributed by atoms with Crippen molar-refractivity contribution in [3.8, 4) is 0 Å². The Kier molecular flexibility index (Phi) is 4.12. The minimum atomic E-state index is 0.517. The lowest BCUT2D eigenvalue weighted by Gasteiger charge is -2.33. The molecule has 1 saturated heterocycles. The van der Waals surface area contributed by atoms with Gasteiger partial charge in [0.25, 0.3) is 0 Å². The Hall–Kier alpha value is -1.67. The van der Waals surface area contributed by atoms with Gasteiger partial charge >= 0.3 is 0 Å². The van der Waals surface area contributed by atoms with Crippen molar-refractivity contribution in [1.82, 2.24) is 10.3 Å². The number of piperidine rings is 1. The molecule has 1 aliphatic heterocycles. The maximum absolute atomic E-state index is 4.50. The summed E-state index contributed by atoms with van der Waals surface area (Å²) in [6.07, 6.45) is 4.38. The van der Waals surface area contributed by atoms with Gasteiger partial charge in [-0.1, -0.05) is 43.3 Å². The number of rotatable bonds is 3. The van der Waals surface area contributed by atoms with Crippen molar-refractivity contribution in [2.75, 3.05) is 6.54 Å². The van der Waals surface area contributed by atoms with Crippen LogP contribution in [0.5, 0.6) is 0 Å². The maximum atomic E-state index is 4.50. The fraction of sp³-hybridized carbons (Fsp3) is 0.389. The van der Waals surface area contributed by atoms with Crippen LogP contribution in [0, 0.1) is 5.92 Å². The zero-order chi connectivity index (χ0) is 13.8. The fourth-order valence-electron chi connectivity index (χ4n) is 3.16. The van der Waals surface area contributed by atoms with Crippen LogP contribution in [0.15, 0.2) is 54.7 Å².